The molecule has 0 spiro atoms. The second kappa shape index (κ2) is 9.98. The first-order valence-corrected chi connectivity index (χ1v) is 10.2. The number of halogens is 1. The number of aliphatic imine (C=N–C) groups is 1. The molecule has 0 aromatic heterocycles. The molecule has 0 atom stereocenters. The van der Waals surface area contributed by atoms with Crippen LogP contribution in [0.25, 0.3) is 0 Å². The lowest BCUT2D eigenvalue weighted by Crippen LogP contribution is -2.46. The average molecular weight is 393 g/mol. The summed E-state index contributed by atoms with van der Waals surface area (Å²) < 4.78 is 0. The number of piperidine rings is 1. The van der Waals surface area contributed by atoms with Gasteiger partial charge in [-0.05, 0) is 43.4 Å². The Hall–Kier alpha value is -1.75. The van der Waals surface area contributed by atoms with Gasteiger partial charge >= 0.3 is 0 Å². The molecule has 1 amide bonds. The van der Waals surface area contributed by atoms with E-state index >= 15 is 0 Å². The van der Waals surface area contributed by atoms with Gasteiger partial charge < -0.3 is 15.5 Å². The number of likely N-dealkylation sites (tertiary alicyclic amines) is 1. The van der Waals surface area contributed by atoms with Gasteiger partial charge in [0.1, 0.15) is 0 Å². The van der Waals surface area contributed by atoms with Crippen molar-refractivity contribution in [2.24, 2.45) is 10.9 Å². The van der Waals surface area contributed by atoms with Gasteiger partial charge in [-0.3, -0.25) is 9.79 Å². The van der Waals surface area contributed by atoms with Gasteiger partial charge in [0.05, 0.1) is 6.54 Å². The van der Waals surface area contributed by atoms with Crippen molar-refractivity contribution in [2.75, 3.05) is 33.2 Å². The van der Waals surface area contributed by atoms with Crippen molar-refractivity contribution in [1.82, 2.24) is 15.5 Å². The van der Waals surface area contributed by atoms with Crippen LogP contribution in [0.3, 0.4) is 0 Å². The molecule has 0 aliphatic carbocycles. The Bertz CT molecular complexity index is 634. The Kier molecular flexibility index (Phi) is 7.96. The van der Waals surface area contributed by atoms with Crippen molar-refractivity contribution in [2.45, 2.75) is 45.4 Å². The molecule has 5 nitrogen and oxygen atoms in total. The van der Waals surface area contributed by atoms with Crippen molar-refractivity contribution < 1.29 is 4.79 Å². The monoisotopic (exact) mass is 392 g/mol. The zero-order chi connectivity index (χ0) is 19.9. The van der Waals surface area contributed by atoms with Crippen LogP contribution in [0.15, 0.2) is 29.3 Å². The van der Waals surface area contributed by atoms with Crippen LogP contribution in [-0.2, 0) is 10.2 Å². The van der Waals surface area contributed by atoms with Crippen LogP contribution in [0.1, 0.15) is 45.6 Å². The van der Waals surface area contributed by atoms with E-state index in [1.54, 1.807) is 7.05 Å². The van der Waals surface area contributed by atoms with E-state index in [-0.39, 0.29) is 11.3 Å². The van der Waals surface area contributed by atoms with Gasteiger partial charge in [0, 0.05) is 43.5 Å². The maximum Gasteiger partial charge on any atom is 0.220 e. The van der Waals surface area contributed by atoms with Gasteiger partial charge in [-0.15, -0.1) is 0 Å². The number of guanidine groups is 1. The molecule has 6 heteroatoms. The molecule has 2 rings (SSSR count). The molecule has 0 saturated carbocycles. The highest BCUT2D eigenvalue weighted by molar-refractivity contribution is 6.30. The Morgan fingerprint density at radius 1 is 1.26 bits per heavy atom. The maximum absolute atomic E-state index is 11.6. The Balaban J connectivity index is 2.00. The summed E-state index contributed by atoms with van der Waals surface area (Å²) in [6.07, 6.45) is 2.68. The van der Waals surface area contributed by atoms with Crippen LogP contribution in [0.2, 0.25) is 5.02 Å². The maximum atomic E-state index is 11.6. The molecule has 2 N–H and O–H groups in total. The lowest BCUT2D eigenvalue weighted by Gasteiger charge is -2.34. The summed E-state index contributed by atoms with van der Waals surface area (Å²) in [6.45, 7) is 9.94. The smallest absolute Gasteiger partial charge is 0.220 e. The number of hydrogen-bond donors (Lipinski definition) is 2. The molecule has 1 aromatic carbocycles. The first-order valence-electron chi connectivity index (χ1n) is 9.85. The molecule has 1 heterocycles. The van der Waals surface area contributed by atoms with Crippen LogP contribution in [0, 0.1) is 5.92 Å². The number of nitrogens with zero attached hydrogens (tertiary/aromatic N) is 2. The highest BCUT2D eigenvalue weighted by Gasteiger charge is 2.25. The Morgan fingerprint density at radius 2 is 1.89 bits per heavy atom. The minimum atomic E-state index is -0.0667. The molecule has 0 bridgehead atoms. The van der Waals surface area contributed by atoms with E-state index in [9.17, 15) is 4.79 Å². The van der Waals surface area contributed by atoms with E-state index in [1.807, 2.05) is 12.1 Å². The highest BCUT2D eigenvalue weighted by atomic mass is 35.5. The Morgan fingerprint density at radius 3 is 2.44 bits per heavy atom. The summed E-state index contributed by atoms with van der Waals surface area (Å²) in [7, 11) is 1.70. The number of benzene rings is 1. The molecule has 1 aromatic rings. The molecular weight excluding hydrogens is 360 g/mol. The molecule has 1 aliphatic rings. The number of amides is 1. The predicted octanol–water partition coefficient (Wildman–Crippen LogP) is 3.43. The quantitative estimate of drug-likeness (QED) is 0.576. The summed E-state index contributed by atoms with van der Waals surface area (Å²) in [6, 6.07) is 8.03. The zero-order valence-corrected chi connectivity index (χ0v) is 17.8. The summed E-state index contributed by atoms with van der Waals surface area (Å²) >= 11 is 6.02. The Labute approximate surface area is 168 Å². The summed E-state index contributed by atoms with van der Waals surface area (Å²) in [5.41, 5.74) is 1.17. The third-order valence-electron chi connectivity index (χ3n) is 5.25. The van der Waals surface area contributed by atoms with Crippen molar-refractivity contribution in [1.29, 1.82) is 0 Å². The van der Waals surface area contributed by atoms with E-state index in [4.69, 9.17) is 16.6 Å². The minimum Gasteiger partial charge on any atom is -0.359 e. The fourth-order valence-electron chi connectivity index (χ4n) is 3.40. The average Bonchev–Trinajstić information content (AvgIpc) is 2.66. The van der Waals surface area contributed by atoms with E-state index in [0.29, 0.717) is 18.9 Å². The highest BCUT2D eigenvalue weighted by Crippen LogP contribution is 2.25. The molecule has 150 valence electrons. The van der Waals surface area contributed by atoms with Crippen LogP contribution in [-0.4, -0.2) is 50.0 Å². The van der Waals surface area contributed by atoms with Gasteiger partial charge in [-0.1, -0.05) is 37.6 Å². The van der Waals surface area contributed by atoms with E-state index < -0.39 is 0 Å². The van der Waals surface area contributed by atoms with E-state index in [1.165, 1.54) is 5.56 Å². The number of carbonyl (C=O) groups excluding carboxylic acids is 1. The van der Waals surface area contributed by atoms with Crippen molar-refractivity contribution in [3.8, 4) is 0 Å². The molecule has 0 unspecified atom stereocenters. The molecular formula is C21H33ClN4O. The van der Waals surface area contributed by atoms with Gasteiger partial charge in [-0.25, -0.2) is 0 Å². The van der Waals surface area contributed by atoms with Gasteiger partial charge in [0.15, 0.2) is 5.96 Å². The number of rotatable bonds is 6. The first-order chi connectivity index (χ1) is 12.9. The van der Waals surface area contributed by atoms with E-state index in [2.05, 4.69) is 48.4 Å². The third kappa shape index (κ3) is 6.42. The fraction of sp³-hybridized carbons (Fsp3) is 0.619. The second-order valence-corrected chi connectivity index (χ2v) is 8.31. The second-order valence-electron chi connectivity index (χ2n) is 7.87. The van der Waals surface area contributed by atoms with Crippen molar-refractivity contribution >= 4 is 23.5 Å². The molecule has 1 aliphatic heterocycles. The predicted molar refractivity (Wildman–Crippen MR) is 113 cm³/mol. The molecule has 27 heavy (non-hydrogen) atoms. The van der Waals surface area contributed by atoms with Crippen molar-refractivity contribution in [3.05, 3.63) is 34.9 Å². The van der Waals surface area contributed by atoms with Crippen LogP contribution in [0.4, 0.5) is 0 Å². The molecule has 0 radical (unpaired) electrons. The number of hydrogen-bond acceptors (Lipinski definition) is 2. The third-order valence-corrected chi connectivity index (χ3v) is 5.50. The standard InChI is InChI=1S/C21H33ClN4O/c1-5-24-20(26-12-10-16(11-13-26)14-19(27)23-4)25-15-21(2,3)17-6-8-18(22)9-7-17/h6-9,16H,5,10-15H2,1-4H3,(H,23,27)(H,24,25). The summed E-state index contributed by atoms with van der Waals surface area (Å²) in [4.78, 5) is 18.8. The summed E-state index contributed by atoms with van der Waals surface area (Å²) in [5.74, 6) is 1.58. The lowest BCUT2D eigenvalue weighted by molar-refractivity contribution is -0.121. The zero-order valence-electron chi connectivity index (χ0n) is 17.0. The van der Waals surface area contributed by atoms with Crippen LogP contribution < -0.4 is 10.6 Å². The first kappa shape index (κ1) is 21.5. The van der Waals surface area contributed by atoms with Gasteiger partial charge in [-0.2, -0.15) is 0 Å². The SMILES string of the molecule is CCNC(=NCC(C)(C)c1ccc(Cl)cc1)N1CCC(CC(=O)NC)CC1. The topological polar surface area (TPSA) is 56.7 Å². The van der Waals surface area contributed by atoms with Gasteiger partial charge in [0.2, 0.25) is 5.91 Å². The number of nitrogens with one attached hydrogen (secondary N) is 2. The fourth-order valence-corrected chi connectivity index (χ4v) is 3.53. The lowest BCUT2D eigenvalue weighted by atomic mass is 9.85. The normalized spacial score (nSPS) is 16.3. The van der Waals surface area contributed by atoms with Gasteiger partial charge in [0.25, 0.3) is 0 Å². The summed E-state index contributed by atoms with van der Waals surface area (Å²) in [5, 5.41) is 6.91. The number of carbonyl (C=O) groups is 1. The largest absolute Gasteiger partial charge is 0.359 e. The molecule has 1 fully saturated rings. The minimum absolute atomic E-state index is 0.0667. The molecule has 1 saturated heterocycles. The van der Waals surface area contributed by atoms with Crippen LogP contribution in [0.5, 0.6) is 0 Å². The van der Waals surface area contributed by atoms with Crippen LogP contribution >= 0.6 is 11.6 Å². The van der Waals surface area contributed by atoms with Crippen molar-refractivity contribution in [3.63, 3.8) is 0 Å². The van der Waals surface area contributed by atoms with E-state index in [0.717, 1.165) is 43.5 Å².